The second-order valence-electron chi connectivity index (χ2n) is 6.30. The molecule has 0 aliphatic heterocycles. The number of rotatable bonds is 8. The van der Waals surface area contributed by atoms with Crippen molar-refractivity contribution < 1.29 is 14.3 Å². The second-order valence-corrected chi connectivity index (χ2v) is 6.30. The van der Waals surface area contributed by atoms with Crippen molar-refractivity contribution in [2.75, 3.05) is 13.7 Å². The summed E-state index contributed by atoms with van der Waals surface area (Å²) in [5.74, 6) is 1.88. The molecule has 0 bridgehead atoms. The zero-order valence-corrected chi connectivity index (χ0v) is 16.8. The zero-order valence-electron chi connectivity index (χ0n) is 16.8. The van der Waals surface area contributed by atoms with Gasteiger partial charge in [0.15, 0.2) is 0 Å². The summed E-state index contributed by atoms with van der Waals surface area (Å²) < 4.78 is 12.9. The van der Waals surface area contributed by atoms with Gasteiger partial charge in [-0.1, -0.05) is 24.3 Å². The van der Waals surface area contributed by atoms with E-state index >= 15 is 0 Å². The molecule has 2 aromatic heterocycles. The van der Waals surface area contributed by atoms with Gasteiger partial charge in [-0.15, -0.1) is 0 Å². The Balaban J connectivity index is 1.78. The molecule has 3 aromatic rings. The summed E-state index contributed by atoms with van der Waals surface area (Å²) in [5, 5.41) is 5.87. The molecule has 2 heterocycles. The number of hydrogen-bond donors (Lipinski definition) is 2. The first-order valence-corrected chi connectivity index (χ1v) is 9.35. The summed E-state index contributed by atoms with van der Waals surface area (Å²) in [6.07, 6.45) is 5.19. The van der Waals surface area contributed by atoms with Crippen LogP contribution in [0.3, 0.4) is 0 Å². The summed E-state index contributed by atoms with van der Waals surface area (Å²) in [7, 11) is 3.49. The van der Waals surface area contributed by atoms with Gasteiger partial charge < -0.3 is 24.7 Å². The molecule has 0 saturated carbocycles. The molecule has 0 aliphatic carbocycles. The van der Waals surface area contributed by atoms with E-state index in [1.807, 2.05) is 61.1 Å². The van der Waals surface area contributed by atoms with Crippen molar-refractivity contribution in [3.63, 3.8) is 0 Å². The molecule has 8 heteroatoms. The van der Waals surface area contributed by atoms with Crippen LogP contribution in [0.4, 0.5) is 4.79 Å². The first-order valence-electron chi connectivity index (χ1n) is 9.35. The highest BCUT2D eigenvalue weighted by atomic mass is 16.5. The van der Waals surface area contributed by atoms with E-state index in [1.54, 1.807) is 19.5 Å². The second kappa shape index (κ2) is 9.59. The number of nitrogens with one attached hydrogen (secondary N) is 2. The van der Waals surface area contributed by atoms with Crippen LogP contribution in [0.5, 0.6) is 11.6 Å². The normalized spacial score (nSPS) is 11.6. The van der Waals surface area contributed by atoms with Gasteiger partial charge in [0.05, 0.1) is 13.7 Å². The van der Waals surface area contributed by atoms with Gasteiger partial charge >= 0.3 is 6.03 Å². The Hall–Kier alpha value is -3.55. The zero-order chi connectivity index (χ0) is 20.6. The third kappa shape index (κ3) is 4.84. The maximum absolute atomic E-state index is 12.7. The van der Waals surface area contributed by atoms with Gasteiger partial charge in [-0.25, -0.2) is 14.8 Å². The number of carbonyl (C=O) groups excluding carboxylic acids is 1. The van der Waals surface area contributed by atoms with Crippen LogP contribution in [0.15, 0.2) is 55.0 Å². The SMILES string of the molecule is CCOc1ncccc1CNC(=O)NC(c1ccccc1OC)c1nccn1C. The number of methoxy groups -OCH3 is 1. The molecule has 0 fully saturated rings. The van der Waals surface area contributed by atoms with E-state index in [-0.39, 0.29) is 12.6 Å². The first-order chi connectivity index (χ1) is 14.1. The maximum atomic E-state index is 12.7. The van der Waals surface area contributed by atoms with Crippen LogP contribution in [0.2, 0.25) is 0 Å². The molecule has 29 heavy (non-hydrogen) atoms. The van der Waals surface area contributed by atoms with Gasteiger partial charge in [0.25, 0.3) is 0 Å². The minimum Gasteiger partial charge on any atom is -0.496 e. The number of aryl methyl sites for hydroxylation is 1. The Morgan fingerprint density at radius 3 is 2.72 bits per heavy atom. The molecule has 2 N–H and O–H groups in total. The topological polar surface area (TPSA) is 90.3 Å². The molecule has 2 amide bonds. The van der Waals surface area contributed by atoms with Crippen molar-refractivity contribution in [3.05, 3.63) is 71.9 Å². The molecular weight excluding hydrogens is 370 g/mol. The van der Waals surface area contributed by atoms with Gasteiger partial charge in [-0.05, 0) is 19.1 Å². The van der Waals surface area contributed by atoms with Crippen molar-refractivity contribution in [1.29, 1.82) is 0 Å². The monoisotopic (exact) mass is 395 g/mol. The van der Waals surface area contributed by atoms with Crippen molar-refractivity contribution >= 4 is 6.03 Å². The smallest absolute Gasteiger partial charge is 0.315 e. The predicted octanol–water partition coefficient (Wildman–Crippen LogP) is 2.81. The van der Waals surface area contributed by atoms with Gasteiger partial charge in [0, 0.05) is 43.3 Å². The van der Waals surface area contributed by atoms with E-state index < -0.39 is 6.04 Å². The lowest BCUT2D eigenvalue weighted by Gasteiger charge is -2.21. The third-order valence-electron chi connectivity index (χ3n) is 4.41. The number of hydrogen-bond acceptors (Lipinski definition) is 5. The number of para-hydroxylation sites is 1. The Labute approximate surface area is 169 Å². The lowest BCUT2D eigenvalue weighted by Crippen LogP contribution is -2.39. The third-order valence-corrected chi connectivity index (χ3v) is 4.41. The van der Waals surface area contributed by atoms with E-state index in [9.17, 15) is 4.79 Å². The van der Waals surface area contributed by atoms with Crippen molar-refractivity contribution in [2.45, 2.75) is 19.5 Å². The molecule has 1 unspecified atom stereocenters. The molecule has 1 aromatic carbocycles. The first kappa shape index (κ1) is 20.2. The Kier molecular flexibility index (Phi) is 6.67. The fraction of sp³-hybridized carbons (Fsp3) is 0.286. The van der Waals surface area contributed by atoms with E-state index in [1.165, 1.54) is 0 Å². The van der Waals surface area contributed by atoms with Crippen LogP contribution in [0.1, 0.15) is 29.9 Å². The van der Waals surface area contributed by atoms with Crippen molar-refractivity contribution in [1.82, 2.24) is 25.2 Å². The molecule has 0 aliphatic rings. The standard InChI is InChI=1S/C21H25N5O3/c1-4-29-20-15(8-7-11-23-20)14-24-21(27)25-18(19-22-12-13-26(19)2)16-9-5-6-10-17(16)28-3/h5-13,18H,4,14H2,1-3H3,(H2,24,25,27). The fourth-order valence-electron chi connectivity index (χ4n) is 3.02. The molecule has 0 spiro atoms. The van der Waals surface area contributed by atoms with Crippen LogP contribution in [0.25, 0.3) is 0 Å². The van der Waals surface area contributed by atoms with Gasteiger partial charge in [0.2, 0.25) is 5.88 Å². The van der Waals surface area contributed by atoms with Crippen molar-refractivity contribution in [3.8, 4) is 11.6 Å². The number of pyridine rings is 1. The molecule has 8 nitrogen and oxygen atoms in total. The van der Waals surface area contributed by atoms with Gasteiger partial charge in [-0.3, -0.25) is 0 Å². The summed E-state index contributed by atoms with van der Waals surface area (Å²) in [4.78, 5) is 21.3. The highest BCUT2D eigenvalue weighted by Gasteiger charge is 2.23. The number of aromatic nitrogens is 3. The molecule has 3 rings (SSSR count). The van der Waals surface area contributed by atoms with Gasteiger partial charge in [-0.2, -0.15) is 0 Å². The Morgan fingerprint density at radius 1 is 1.17 bits per heavy atom. The van der Waals surface area contributed by atoms with E-state index in [4.69, 9.17) is 9.47 Å². The number of ether oxygens (including phenoxy) is 2. The van der Waals surface area contributed by atoms with Crippen LogP contribution in [0, 0.1) is 0 Å². The Bertz CT molecular complexity index is 957. The minimum absolute atomic E-state index is 0.286. The molecule has 1 atom stereocenters. The van der Waals surface area contributed by atoms with E-state index in [2.05, 4.69) is 20.6 Å². The highest BCUT2D eigenvalue weighted by molar-refractivity contribution is 5.75. The summed E-state index contributed by atoms with van der Waals surface area (Å²) >= 11 is 0. The van der Waals surface area contributed by atoms with Crippen LogP contribution >= 0.6 is 0 Å². The number of urea groups is 1. The number of carbonyl (C=O) groups is 1. The lowest BCUT2D eigenvalue weighted by atomic mass is 10.0. The van der Waals surface area contributed by atoms with Crippen LogP contribution in [-0.4, -0.2) is 34.3 Å². The van der Waals surface area contributed by atoms with Gasteiger partial charge in [0.1, 0.15) is 17.6 Å². The van der Waals surface area contributed by atoms with Crippen LogP contribution in [-0.2, 0) is 13.6 Å². The summed E-state index contributed by atoms with van der Waals surface area (Å²) in [5.41, 5.74) is 1.62. The number of amides is 2. The largest absolute Gasteiger partial charge is 0.496 e. The molecule has 0 saturated heterocycles. The summed E-state index contributed by atoms with van der Waals surface area (Å²) in [6, 6.07) is 10.4. The molecular formula is C21H25N5O3. The molecule has 0 radical (unpaired) electrons. The van der Waals surface area contributed by atoms with E-state index in [0.717, 1.165) is 11.1 Å². The average Bonchev–Trinajstić information content (AvgIpc) is 3.17. The van der Waals surface area contributed by atoms with Crippen molar-refractivity contribution in [2.24, 2.45) is 7.05 Å². The fourth-order valence-corrected chi connectivity index (χ4v) is 3.02. The van der Waals surface area contributed by atoms with Crippen LogP contribution < -0.4 is 20.1 Å². The number of imidazole rings is 1. The lowest BCUT2D eigenvalue weighted by molar-refractivity contribution is 0.237. The minimum atomic E-state index is -0.480. The van der Waals surface area contributed by atoms with E-state index in [0.29, 0.717) is 24.1 Å². The molecule has 152 valence electrons. The highest BCUT2D eigenvalue weighted by Crippen LogP contribution is 2.28. The summed E-state index contributed by atoms with van der Waals surface area (Å²) in [6.45, 7) is 2.68. The number of nitrogens with zero attached hydrogens (tertiary/aromatic N) is 3. The number of benzene rings is 1. The average molecular weight is 395 g/mol. The maximum Gasteiger partial charge on any atom is 0.315 e. The quantitative estimate of drug-likeness (QED) is 0.612. The Morgan fingerprint density at radius 2 is 2.00 bits per heavy atom. The predicted molar refractivity (Wildman–Crippen MR) is 109 cm³/mol.